The molecular weight excluding hydrogens is 302 g/mol. The summed E-state index contributed by atoms with van der Waals surface area (Å²) in [5.41, 5.74) is 3.61. The minimum atomic E-state index is -0.203. The minimum absolute atomic E-state index is 0.113. The van der Waals surface area contributed by atoms with Crippen molar-refractivity contribution in [2.24, 2.45) is 0 Å². The molecule has 0 atom stereocenters. The average molecular weight is 323 g/mol. The molecule has 3 rings (SSSR count). The molecule has 0 radical (unpaired) electrons. The molecule has 2 aromatic carbocycles. The first-order valence-corrected chi connectivity index (χ1v) is 8.03. The molecule has 1 heterocycles. The molecule has 0 aliphatic rings. The molecule has 0 saturated heterocycles. The highest BCUT2D eigenvalue weighted by Gasteiger charge is 2.13. The summed E-state index contributed by atoms with van der Waals surface area (Å²) < 4.78 is 1.74. The maximum Gasteiger partial charge on any atom is 0.244 e. The lowest BCUT2D eigenvalue weighted by Crippen LogP contribution is -2.20. The van der Waals surface area contributed by atoms with Crippen LogP contribution in [0.1, 0.15) is 31.2 Å². The Morgan fingerprint density at radius 2 is 1.88 bits per heavy atom. The van der Waals surface area contributed by atoms with Crippen molar-refractivity contribution in [1.82, 2.24) is 9.55 Å². The highest BCUT2D eigenvalue weighted by atomic mass is 16.3. The lowest BCUT2D eigenvalue weighted by atomic mass is 10.0. The third-order valence-corrected chi connectivity index (χ3v) is 4.04. The fourth-order valence-corrected chi connectivity index (χ4v) is 2.72. The summed E-state index contributed by atoms with van der Waals surface area (Å²) in [7, 11) is 0. The van der Waals surface area contributed by atoms with E-state index in [1.807, 2.05) is 48.5 Å². The van der Waals surface area contributed by atoms with Crippen molar-refractivity contribution in [3.8, 4) is 0 Å². The molecule has 0 fully saturated rings. The van der Waals surface area contributed by atoms with E-state index >= 15 is 0 Å². The first-order valence-electron chi connectivity index (χ1n) is 8.03. The van der Waals surface area contributed by atoms with Gasteiger partial charge in [-0.2, -0.15) is 0 Å². The maximum atomic E-state index is 12.4. The monoisotopic (exact) mass is 323 g/mol. The fraction of sp³-hybridized carbons (Fsp3) is 0.263. The molecule has 0 unspecified atom stereocenters. The Hall–Kier alpha value is -2.66. The number of hydrogen-bond donors (Lipinski definition) is 2. The first-order chi connectivity index (χ1) is 11.6. The summed E-state index contributed by atoms with van der Waals surface area (Å²) in [5, 5.41) is 12.4. The summed E-state index contributed by atoms with van der Waals surface area (Å²) in [6.45, 7) is 4.18. The summed E-state index contributed by atoms with van der Waals surface area (Å²) in [6, 6.07) is 15.4. The Morgan fingerprint density at radius 1 is 1.17 bits per heavy atom. The highest BCUT2D eigenvalue weighted by molar-refractivity contribution is 5.91. The SMILES string of the molecule is CC(C)c1ccc(NC(=O)Cn2c(CO)nc3ccccc32)cc1. The van der Waals surface area contributed by atoms with Crippen LogP contribution in [0.4, 0.5) is 5.69 Å². The van der Waals surface area contributed by atoms with Crippen LogP contribution in [0.25, 0.3) is 11.0 Å². The smallest absolute Gasteiger partial charge is 0.244 e. The van der Waals surface area contributed by atoms with Crippen LogP contribution in [-0.2, 0) is 17.9 Å². The van der Waals surface area contributed by atoms with Gasteiger partial charge in [-0.3, -0.25) is 4.79 Å². The Morgan fingerprint density at radius 3 is 2.54 bits per heavy atom. The molecule has 3 aromatic rings. The van der Waals surface area contributed by atoms with Gasteiger partial charge in [-0.25, -0.2) is 4.98 Å². The molecule has 5 nitrogen and oxygen atoms in total. The molecular formula is C19H21N3O2. The number of carbonyl (C=O) groups excluding carboxylic acids is 1. The van der Waals surface area contributed by atoms with Crippen molar-refractivity contribution >= 4 is 22.6 Å². The second-order valence-corrected chi connectivity index (χ2v) is 6.09. The fourth-order valence-electron chi connectivity index (χ4n) is 2.72. The molecule has 0 spiro atoms. The van der Waals surface area contributed by atoms with E-state index in [1.54, 1.807) is 4.57 Å². The number of nitrogens with zero attached hydrogens (tertiary/aromatic N) is 2. The molecule has 0 aliphatic heterocycles. The molecule has 0 bridgehead atoms. The van der Waals surface area contributed by atoms with Crippen molar-refractivity contribution in [3.63, 3.8) is 0 Å². The summed E-state index contributed by atoms with van der Waals surface area (Å²) in [4.78, 5) is 16.7. The van der Waals surface area contributed by atoms with Gasteiger partial charge in [-0.05, 0) is 35.7 Å². The van der Waals surface area contributed by atoms with E-state index in [-0.39, 0.29) is 19.1 Å². The standard InChI is InChI=1S/C19H21N3O2/c1-13(2)14-7-9-15(10-8-14)20-19(24)11-22-17-6-4-3-5-16(17)21-18(22)12-23/h3-10,13,23H,11-12H2,1-2H3,(H,20,24). The topological polar surface area (TPSA) is 67.2 Å². The van der Waals surface area contributed by atoms with Crippen LogP contribution in [0.5, 0.6) is 0 Å². The summed E-state index contributed by atoms with van der Waals surface area (Å²) >= 11 is 0. The van der Waals surface area contributed by atoms with E-state index in [0.29, 0.717) is 11.7 Å². The van der Waals surface area contributed by atoms with E-state index in [2.05, 4.69) is 24.1 Å². The molecule has 24 heavy (non-hydrogen) atoms. The number of aliphatic hydroxyl groups is 1. The second kappa shape index (κ2) is 6.84. The van der Waals surface area contributed by atoms with E-state index in [9.17, 15) is 9.90 Å². The molecule has 5 heteroatoms. The van der Waals surface area contributed by atoms with Gasteiger partial charge < -0.3 is 15.0 Å². The zero-order chi connectivity index (χ0) is 17.1. The average Bonchev–Trinajstić information content (AvgIpc) is 2.93. The Kier molecular flexibility index (Phi) is 4.62. The highest BCUT2D eigenvalue weighted by Crippen LogP contribution is 2.18. The minimum Gasteiger partial charge on any atom is -0.388 e. The molecule has 1 amide bonds. The third kappa shape index (κ3) is 3.31. The predicted molar refractivity (Wildman–Crippen MR) is 94.8 cm³/mol. The van der Waals surface area contributed by atoms with Gasteiger partial charge in [0.15, 0.2) is 0 Å². The summed E-state index contributed by atoms with van der Waals surface area (Å²) in [6.07, 6.45) is 0. The number of nitrogens with one attached hydrogen (secondary N) is 1. The van der Waals surface area contributed by atoms with Crippen LogP contribution in [0, 0.1) is 0 Å². The number of aromatic nitrogens is 2. The van der Waals surface area contributed by atoms with Crippen LogP contribution in [0.3, 0.4) is 0 Å². The van der Waals surface area contributed by atoms with Crippen molar-refractivity contribution < 1.29 is 9.90 Å². The van der Waals surface area contributed by atoms with Crippen molar-refractivity contribution in [1.29, 1.82) is 0 Å². The van der Waals surface area contributed by atoms with E-state index in [1.165, 1.54) is 5.56 Å². The number of anilines is 1. The largest absolute Gasteiger partial charge is 0.388 e. The zero-order valence-corrected chi connectivity index (χ0v) is 13.9. The first kappa shape index (κ1) is 16.2. The van der Waals surface area contributed by atoms with E-state index in [0.717, 1.165) is 16.7 Å². The predicted octanol–water partition coefficient (Wildman–Crippen LogP) is 3.29. The van der Waals surface area contributed by atoms with Gasteiger partial charge in [-0.15, -0.1) is 0 Å². The van der Waals surface area contributed by atoms with Gasteiger partial charge in [0.05, 0.1) is 11.0 Å². The number of hydrogen-bond acceptors (Lipinski definition) is 3. The van der Waals surface area contributed by atoms with Gasteiger partial charge in [-0.1, -0.05) is 38.1 Å². The van der Waals surface area contributed by atoms with Crippen LogP contribution in [0.15, 0.2) is 48.5 Å². The number of amides is 1. The number of benzene rings is 2. The number of rotatable bonds is 5. The Labute approximate surface area is 141 Å². The number of aliphatic hydroxyl groups excluding tert-OH is 1. The number of fused-ring (bicyclic) bond motifs is 1. The number of para-hydroxylation sites is 2. The van der Waals surface area contributed by atoms with Crippen molar-refractivity contribution in [3.05, 3.63) is 59.9 Å². The van der Waals surface area contributed by atoms with E-state index < -0.39 is 0 Å². The van der Waals surface area contributed by atoms with Crippen LogP contribution in [0.2, 0.25) is 0 Å². The van der Waals surface area contributed by atoms with Crippen LogP contribution >= 0.6 is 0 Å². The summed E-state index contributed by atoms with van der Waals surface area (Å²) in [5.74, 6) is 0.797. The normalized spacial score (nSPS) is 11.2. The van der Waals surface area contributed by atoms with Gasteiger partial charge in [0.1, 0.15) is 19.0 Å². The Bertz CT molecular complexity index is 851. The van der Waals surface area contributed by atoms with Crippen LogP contribution < -0.4 is 5.32 Å². The van der Waals surface area contributed by atoms with Gasteiger partial charge in [0.2, 0.25) is 5.91 Å². The lowest BCUT2D eigenvalue weighted by Gasteiger charge is -2.10. The van der Waals surface area contributed by atoms with Gasteiger partial charge in [0.25, 0.3) is 0 Å². The van der Waals surface area contributed by atoms with Crippen LogP contribution in [-0.4, -0.2) is 20.6 Å². The molecule has 124 valence electrons. The maximum absolute atomic E-state index is 12.4. The number of imidazole rings is 1. The third-order valence-electron chi connectivity index (χ3n) is 4.04. The zero-order valence-electron chi connectivity index (χ0n) is 13.9. The quantitative estimate of drug-likeness (QED) is 0.757. The lowest BCUT2D eigenvalue weighted by molar-refractivity contribution is -0.116. The molecule has 0 saturated carbocycles. The van der Waals surface area contributed by atoms with Crippen molar-refractivity contribution in [2.75, 3.05) is 5.32 Å². The Balaban J connectivity index is 1.77. The number of carbonyl (C=O) groups is 1. The van der Waals surface area contributed by atoms with Crippen molar-refractivity contribution in [2.45, 2.75) is 32.9 Å². The van der Waals surface area contributed by atoms with Gasteiger partial charge in [0, 0.05) is 5.69 Å². The molecule has 0 aliphatic carbocycles. The second-order valence-electron chi connectivity index (χ2n) is 6.09. The molecule has 2 N–H and O–H groups in total. The molecule has 1 aromatic heterocycles. The van der Waals surface area contributed by atoms with E-state index in [4.69, 9.17) is 0 Å². The van der Waals surface area contributed by atoms with Gasteiger partial charge >= 0.3 is 0 Å².